The smallest absolute Gasteiger partial charge is 0.248 e. The molecule has 0 aromatic carbocycles. The van der Waals surface area contributed by atoms with Crippen LogP contribution in [0.25, 0.3) is 0 Å². The minimum absolute atomic E-state index is 0.0880. The molecular weight excluding hydrogens is 212 g/mol. The predicted octanol–water partition coefficient (Wildman–Crippen LogP) is 2.29. The molecule has 16 heavy (non-hydrogen) atoms. The monoisotopic (exact) mass is 229 g/mol. The van der Waals surface area contributed by atoms with E-state index in [0.717, 1.165) is 0 Å². The lowest BCUT2D eigenvalue weighted by molar-refractivity contribution is -0.140. The maximum absolute atomic E-state index is 13.1. The van der Waals surface area contributed by atoms with Crippen LogP contribution in [0.1, 0.15) is 32.6 Å². The molecule has 0 aliphatic heterocycles. The van der Waals surface area contributed by atoms with Gasteiger partial charge in [0.05, 0.1) is 6.54 Å². The maximum atomic E-state index is 13.1. The summed E-state index contributed by atoms with van der Waals surface area (Å²) in [6.07, 6.45) is 0.597. The highest BCUT2D eigenvalue weighted by atomic mass is 19.3. The van der Waals surface area contributed by atoms with Crippen molar-refractivity contribution < 1.29 is 13.6 Å². The molecule has 0 unspecified atom stereocenters. The van der Waals surface area contributed by atoms with Gasteiger partial charge in [-0.15, -0.1) is 5.92 Å². The number of alkyl halides is 2. The Hall–Kier alpha value is -1.11. The van der Waals surface area contributed by atoms with Gasteiger partial charge in [-0.05, 0) is 19.8 Å². The Balaban J connectivity index is 2.55. The minimum atomic E-state index is -2.67. The zero-order valence-corrected chi connectivity index (χ0v) is 9.72. The highest BCUT2D eigenvalue weighted by Crippen LogP contribution is 2.37. The van der Waals surface area contributed by atoms with E-state index in [4.69, 9.17) is 0 Å². The van der Waals surface area contributed by atoms with Gasteiger partial charge in [0.2, 0.25) is 11.8 Å². The zero-order valence-electron chi connectivity index (χ0n) is 9.72. The first-order valence-electron chi connectivity index (χ1n) is 5.48. The molecule has 90 valence electrons. The molecule has 1 rings (SSSR count). The second-order valence-electron chi connectivity index (χ2n) is 4.27. The van der Waals surface area contributed by atoms with Gasteiger partial charge in [0.15, 0.2) is 0 Å². The van der Waals surface area contributed by atoms with E-state index in [1.54, 1.807) is 14.0 Å². The lowest BCUT2D eigenvalue weighted by Crippen LogP contribution is -2.38. The van der Waals surface area contributed by atoms with E-state index in [2.05, 4.69) is 11.8 Å². The van der Waals surface area contributed by atoms with E-state index >= 15 is 0 Å². The summed E-state index contributed by atoms with van der Waals surface area (Å²) in [5.41, 5.74) is 0. The first-order valence-corrected chi connectivity index (χ1v) is 5.48. The van der Waals surface area contributed by atoms with Crippen molar-refractivity contribution in [2.75, 3.05) is 13.6 Å². The van der Waals surface area contributed by atoms with Gasteiger partial charge in [-0.3, -0.25) is 4.79 Å². The Labute approximate surface area is 95.0 Å². The van der Waals surface area contributed by atoms with Crippen molar-refractivity contribution in [2.24, 2.45) is 5.92 Å². The third-order valence-electron chi connectivity index (χ3n) is 2.86. The molecule has 0 radical (unpaired) electrons. The summed E-state index contributed by atoms with van der Waals surface area (Å²) in [6, 6.07) is 0. The van der Waals surface area contributed by atoms with Crippen LogP contribution in [0.2, 0.25) is 0 Å². The second-order valence-corrected chi connectivity index (χ2v) is 4.27. The predicted molar refractivity (Wildman–Crippen MR) is 58.0 cm³/mol. The Morgan fingerprint density at radius 1 is 1.56 bits per heavy atom. The quantitative estimate of drug-likeness (QED) is 0.665. The molecule has 1 aliphatic rings. The highest BCUT2D eigenvalue weighted by molar-refractivity contribution is 5.79. The normalized spacial score (nSPS) is 23.1. The highest BCUT2D eigenvalue weighted by Gasteiger charge is 2.39. The summed E-state index contributed by atoms with van der Waals surface area (Å²) in [5, 5.41) is 0. The molecule has 0 aromatic heterocycles. The number of amides is 1. The third-order valence-corrected chi connectivity index (χ3v) is 2.86. The molecule has 0 aromatic rings. The van der Waals surface area contributed by atoms with Gasteiger partial charge in [0.1, 0.15) is 0 Å². The summed E-state index contributed by atoms with van der Waals surface area (Å²) in [7, 11) is 1.61. The SMILES string of the molecule is CC#CCN(C)C(=O)[C@@H]1CCCC(F)(F)C1. The first-order chi connectivity index (χ1) is 7.46. The molecule has 0 saturated heterocycles. The number of hydrogen-bond donors (Lipinski definition) is 0. The molecule has 4 heteroatoms. The van der Waals surface area contributed by atoms with Gasteiger partial charge in [0, 0.05) is 25.8 Å². The number of nitrogens with zero attached hydrogens (tertiary/aromatic N) is 1. The molecular formula is C12H17F2NO. The fraction of sp³-hybridized carbons (Fsp3) is 0.750. The van der Waals surface area contributed by atoms with E-state index in [1.165, 1.54) is 4.90 Å². The van der Waals surface area contributed by atoms with Crippen LogP contribution in [0, 0.1) is 17.8 Å². The fourth-order valence-electron chi connectivity index (χ4n) is 1.97. The molecule has 0 heterocycles. The largest absolute Gasteiger partial charge is 0.334 e. The number of halogens is 2. The summed E-state index contributed by atoms with van der Waals surface area (Å²) in [6.45, 7) is 2.00. The van der Waals surface area contributed by atoms with Gasteiger partial charge >= 0.3 is 0 Å². The number of hydrogen-bond acceptors (Lipinski definition) is 1. The third kappa shape index (κ3) is 3.48. The van der Waals surface area contributed by atoms with Crippen molar-refractivity contribution in [1.29, 1.82) is 0 Å². The lowest BCUT2D eigenvalue weighted by Gasteiger charge is -2.30. The Morgan fingerprint density at radius 2 is 2.25 bits per heavy atom. The average molecular weight is 229 g/mol. The van der Waals surface area contributed by atoms with Crippen LogP contribution in [-0.2, 0) is 4.79 Å². The summed E-state index contributed by atoms with van der Waals surface area (Å²) in [5.74, 6) is 2.02. The summed E-state index contributed by atoms with van der Waals surface area (Å²) in [4.78, 5) is 13.2. The number of rotatable bonds is 2. The van der Waals surface area contributed by atoms with E-state index < -0.39 is 11.8 Å². The molecule has 1 fully saturated rings. The Kier molecular flexibility index (Phi) is 4.28. The molecule has 0 N–H and O–H groups in total. The molecule has 2 nitrogen and oxygen atoms in total. The van der Waals surface area contributed by atoms with E-state index in [1.807, 2.05) is 0 Å². The second kappa shape index (κ2) is 5.29. The van der Waals surface area contributed by atoms with Gasteiger partial charge in [-0.1, -0.05) is 5.92 Å². The Morgan fingerprint density at radius 3 is 2.81 bits per heavy atom. The van der Waals surface area contributed by atoms with Gasteiger partial charge in [0.25, 0.3) is 0 Å². The molecule has 1 atom stereocenters. The van der Waals surface area contributed by atoms with Crippen molar-refractivity contribution >= 4 is 5.91 Å². The minimum Gasteiger partial charge on any atom is -0.334 e. The van der Waals surface area contributed by atoms with E-state index in [0.29, 0.717) is 19.4 Å². The van der Waals surface area contributed by atoms with Crippen molar-refractivity contribution in [2.45, 2.75) is 38.5 Å². The average Bonchev–Trinajstić information content (AvgIpc) is 2.23. The Bertz CT molecular complexity index is 317. The van der Waals surface area contributed by atoms with Crippen LogP contribution >= 0.6 is 0 Å². The molecule has 1 amide bonds. The van der Waals surface area contributed by atoms with Crippen molar-refractivity contribution in [3.63, 3.8) is 0 Å². The number of carbonyl (C=O) groups is 1. The number of carbonyl (C=O) groups excluding carboxylic acids is 1. The van der Waals surface area contributed by atoms with Crippen LogP contribution in [0.15, 0.2) is 0 Å². The van der Waals surface area contributed by atoms with Gasteiger partial charge in [-0.25, -0.2) is 8.78 Å². The summed E-state index contributed by atoms with van der Waals surface area (Å²) >= 11 is 0. The van der Waals surface area contributed by atoms with E-state index in [-0.39, 0.29) is 18.7 Å². The maximum Gasteiger partial charge on any atom is 0.248 e. The molecule has 0 spiro atoms. The van der Waals surface area contributed by atoms with Crippen LogP contribution in [0.4, 0.5) is 8.78 Å². The summed E-state index contributed by atoms with van der Waals surface area (Å²) < 4.78 is 26.3. The zero-order chi connectivity index (χ0) is 12.2. The molecule has 1 aliphatic carbocycles. The van der Waals surface area contributed by atoms with Crippen molar-refractivity contribution in [1.82, 2.24) is 4.90 Å². The van der Waals surface area contributed by atoms with Crippen LogP contribution in [0.3, 0.4) is 0 Å². The first kappa shape index (κ1) is 13.0. The van der Waals surface area contributed by atoms with Gasteiger partial charge in [-0.2, -0.15) is 0 Å². The lowest BCUT2D eigenvalue weighted by atomic mass is 9.85. The fourth-order valence-corrected chi connectivity index (χ4v) is 1.97. The van der Waals surface area contributed by atoms with E-state index in [9.17, 15) is 13.6 Å². The molecule has 1 saturated carbocycles. The van der Waals surface area contributed by atoms with Crippen LogP contribution < -0.4 is 0 Å². The van der Waals surface area contributed by atoms with Crippen LogP contribution in [-0.4, -0.2) is 30.3 Å². The molecule has 0 bridgehead atoms. The van der Waals surface area contributed by atoms with Gasteiger partial charge < -0.3 is 4.90 Å². The van der Waals surface area contributed by atoms with Crippen molar-refractivity contribution in [3.8, 4) is 11.8 Å². The van der Waals surface area contributed by atoms with Crippen molar-refractivity contribution in [3.05, 3.63) is 0 Å². The topological polar surface area (TPSA) is 20.3 Å². The standard InChI is InChI=1S/C12H17F2NO/c1-3-4-8-15(2)11(16)10-6-5-7-12(13,14)9-10/h10H,5-9H2,1-2H3/t10-/m1/s1. The van der Waals surface area contributed by atoms with Crippen LogP contribution in [0.5, 0.6) is 0 Å².